The van der Waals surface area contributed by atoms with Crippen molar-refractivity contribution in [3.63, 3.8) is 0 Å². The third kappa shape index (κ3) is 6.72. The molecule has 2 aromatic carbocycles. The second kappa shape index (κ2) is 12.3. The van der Waals surface area contributed by atoms with Crippen LogP contribution in [0.5, 0.6) is 0 Å². The summed E-state index contributed by atoms with van der Waals surface area (Å²) in [7, 11) is 0. The van der Waals surface area contributed by atoms with Crippen LogP contribution in [0.3, 0.4) is 0 Å². The van der Waals surface area contributed by atoms with Crippen molar-refractivity contribution >= 4 is 17.6 Å². The highest BCUT2D eigenvalue weighted by atomic mass is 35.5. The summed E-state index contributed by atoms with van der Waals surface area (Å²) in [5.74, 6) is -0.00850. The van der Waals surface area contributed by atoms with E-state index in [1.165, 1.54) is 0 Å². The number of aliphatic hydroxyl groups is 1. The number of aromatic nitrogens is 2. The Bertz CT molecular complexity index is 1110. The van der Waals surface area contributed by atoms with Gasteiger partial charge in [0.05, 0.1) is 6.61 Å². The molecule has 2 N–H and O–H groups in total. The molecule has 0 unspecified atom stereocenters. The van der Waals surface area contributed by atoms with Crippen molar-refractivity contribution < 1.29 is 19.7 Å². The first-order valence-electron chi connectivity index (χ1n) is 12.4. The molecule has 6 nitrogen and oxygen atoms in total. The summed E-state index contributed by atoms with van der Waals surface area (Å²) in [6.07, 6.45) is 5.59. The highest BCUT2D eigenvalue weighted by Gasteiger charge is 2.26. The minimum Gasteiger partial charge on any atom is -0.480 e. The van der Waals surface area contributed by atoms with Crippen LogP contribution in [0.4, 0.5) is 0 Å². The predicted molar refractivity (Wildman–Crippen MR) is 137 cm³/mol. The van der Waals surface area contributed by atoms with Crippen LogP contribution < -0.4 is 0 Å². The number of halogens is 1. The van der Waals surface area contributed by atoms with Gasteiger partial charge in [-0.05, 0) is 68.1 Å². The van der Waals surface area contributed by atoms with Crippen LogP contribution in [-0.4, -0.2) is 45.8 Å². The highest BCUT2D eigenvalue weighted by molar-refractivity contribution is 6.30. The number of hydrogen-bond donors (Lipinski definition) is 2. The average Bonchev–Trinajstić information content (AvgIpc) is 3.22. The molecule has 1 saturated carbocycles. The molecule has 35 heavy (non-hydrogen) atoms. The Morgan fingerprint density at radius 3 is 2.43 bits per heavy atom. The van der Waals surface area contributed by atoms with E-state index in [1.807, 2.05) is 36.4 Å². The Balaban J connectivity index is 1.60. The van der Waals surface area contributed by atoms with Gasteiger partial charge in [0.25, 0.3) is 0 Å². The van der Waals surface area contributed by atoms with Gasteiger partial charge in [-0.25, -0.2) is 4.79 Å². The Hall–Kier alpha value is -2.67. The van der Waals surface area contributed by atoms with E-state index in [4.69, 9.17) is 26.5 Å². The van der Waals surface area contributed by atoms with Gasteiger partial charge in [0.2, 0.25) is 0 Å². The third-order valence-electron chi connectivity index (χ3n) is 6.77. The van der Waals surface area contributed by atoms with Crippen molar-refractivity contribution in [2.45, 2.75) is 45.1 Å². The first-order chi connectivity index (χ1) is 17.0. The van der Waals surface area contributed by atoms with Gasteiger partial charge in [-0.1, -0.05) is 54.1 Å². The Labute approximate surface area is 211 Å². The molecule has 0 bridgehead atoms. The van der Waals surface area contributed by atoms with Gasteiger partial charge in [0.15, 0.2) is 0 Å². The zero-order valence-electron chi connectivity index (χ0n) is 19.9. The summed E-state index contributed by atoms with van der Waals surface area (Å²) < 4.78 is 7.48. The van der Waals surface area contributed by atoms with Gasteiger partial charge in [-0.3, -0.25) is 4.68 Å². The van der Waals surface area contributed by atoms with E-state index in [-0.39, 0.29) is 13.2 Å². The van der Waals surface area contributed by atoms with Crippen LogP contribution in [-0.2, 0) is 22.5 Å². The minimum atomic E-state index is -0.919. The van der Waals surface area contributed by atoms with Crippen molar-refractivity contribution in [1.82, 2.24) is 9.78 Å². The normalized spacial score (nSPS) is 18.0. The van der Waals surface area contributed by atoms with Crippen molar-refractivity contribution in [3.8, 4) is 22.4 Å². The number of aliphatic carboxylic acids is 1. The molecule has 0 radical (unpaired) electrons. The monoisotopic (exact) mass is 496 g/mol. The van der Waals surface area contributed by atoms with Crippen LogP contribution in [0.2, 0.25) is 5.02 Å². The van der Waals surface area contributed by atoms with Gasteiger partial charge in [-0.2, -0.15) is 5.10 Å². The molecule has 0 aliphatic heterocycles. The van der Waals surface area contributed by atoms with E-state index < -0.39 is 5.97 Å². The van der Waals surface area contributed by atoms with Crippen LogP contribution in [0.25, 0.3) is 22.4 Å². The standard InChI is InChI=1S/C28H33ClN2O4/c29-24-9-4-8-23(16-24)27-25(10-5-15-32)31(30-28(27)22-6-2-1-3-7-22)17-20-11-13-21(14-12-20)18-35-19-26(33)34/h1-4,6-9,16,20-21,32H,5,10-15,17-19H2,(H,33,34). The topological polar surface area (TPSA) is 84.6 Å². The largest absolute Gasteiger partial charge is 0.480 e. The first kappa shape index (κ1) is 25.4. The number of benzene rings is 2. The van der Waals surface area contributed by atoms with Crippen LogP contribution in [0.1, 0.15) is 37.8 Å². The van der Waals surface area contributed by atoms with Crippen LogP contribution in [0, 0.1) is 11.8 Å². The fourth-order valence-corrected chi connectivity index (χ4v) is 5.22. The summed E-state index contributed by atoms with van der Waals surface area (Å²) in [5, 5.41) is 24.2. The van der Waals surface area contributed by atoms with Gasteiger partial charge in [0, 0.05) is 35.0 Å². The second-order valence-corrected chi connectivity index (χ2v) is 9.79. The molecule has 4 rings (SSSR count). The number of hydrogen-bond acceptors (Lipinski definition) is 4. The molecule has 7 heteroatoms. The van der Waals surface area contributed by atoms with E-state index in [0.29, 0.717) is 29.9 Å². The molecule has 1 heterocycles. The maximum Gasteiger partial charge on any atom is 0.329 e. The van der Waals surface area contributed by atoms with Crippen molar-refractivity contribution in [3.05, 3.63) is 65.3 Å². The third-order valence-corrected chi connectivity index (χ3v) is 7.00. The summed E-state index contributed by atoms with van der Waals surface area (Å²) in [6, 6.07) is 18.1. The lowest BCUT2D eigenvalue weighted by Gasteiger charge is -2.28. The van der Waals surface area contributed by atoms with E-state index in [0.717, 1.165) is 66.7 Å². The molecule has 0 amide bonds. The van der Waals surface area contributed by atoms with Gasteiger partial charge in [0.1, 0.15) is 12.3 Å². The molecule has 0 spiro atoms. The Kier molecular flexibility index (Phi) is 8.96. The van der Waals surface area contributed by atoms with Gasteiger partial charge < -0.3 is 14.9 Å². The lowest BCUT2D eigenvalue weighted by Crippen LogP contribution is -2.24. The number of nitrogens with zero attached hydrogens (tertiary/aromatic N) is 2. The number of rotatable bonds is 11. The maximum absolute atomic E-state index is 10.7. The van der Waals surface area contributed by atoms with Crippen molar-refractivity contribution in [2.24, 2.45) is 11.8 Å². The summed E-state index contributed by atoms with van der Waals surface area (Å²) >= 11 is 6.37. The van der Waals surface area contributed by atoms with Crippen LogP contribution in [0.15, 0.2) is 54.6 Å². The molecule has 186 valence electrons. The number of aliphatic hydroxyl groups excluding tert-OH is 1. The SMILES string of the molecule is O=C(O)COCC1CCC(Cn2nc(-c3ccccc3)c(-c3cccc(Cl)c3)c2CCCO)CC1. The highest BCUT2D eigenvalue weighted by Crippen LogP contribution is 2.38. The zero-order chi connectivity index (χ0) is 24.6. The van der Waals surface area contributed by atoms with E-state index >= 15 is 0 Å². The molecule has 0 atom stereocenters. The molecule has 1 aliphatic carbocycles. The summed E-state index contributed by atoms with van der Waals surface area (Å²) in [4.78, 5) is 10.7. The zero-order valence-corrected chi connectivity index (χ0v) is 20.7. The Morgan fingerprint density at radius 1 is 1.03 bits per heavy atom. The van der Waals surface area contributed by atoms with Crippen molar-refractivity contribution in [1.29, 1.82) is 0 Å². The fraction of sp³-hybridized carbons (Fsp3) is 0.429. The lowest BCUT2D eigenvalue weighted by molar-refractivity contribution is -0.142. The van der Waals surface area contributed by atoms with Crippen molar-refractivity contribution in [2.75, 3.05) is 19.8 Å². The van der Waals surface area contributed by atoms with Gasteiger partial charge in [-0.15, -0.1) is 0 Å². The molecule has 1 aromatic heterocycles. The Morgan fingerprint density at radius 2 is 1.74 bits per heavy atom. The first-order valence-corrected chi connectivity index (χ1v) is 12.7. The lowest BCUT2D eigenvalue weighted by atomic mass is 9.82. The average molecular weight is 497 g/mol. The smallest absolute Gasteiger partial charge is 0.329 e. The number of ether oxygens (including phenoxy) is 1. The van der Waals surface area contributed by atoms with Crippen LogP contribution >= 0.6 is 11.6 Å². The van der Waals surface area contributed by atoms with Gasteiger partial charge >= 0.3 is 5.97 Å². The quantitative estimate of drug-likeness (QED) is 0.355. The predicted octanol–water partition coefficient (Wildman–Crippen LogP) is 5.70. The fourth-order valence-electron chi connectivity index (χ4n) is 5.03. The van der Waals surface area contributed by atoms with E-state index in [9.17, 15) is 9.90 Å². The molecular weight excluding hydrogens is 464 g/mol. The molecule has 1 aliphatic rings. The summed E-state index contributed by atoms with van der Waals surface area (Å²) in [5.41, 5.74) is 5.26. The van der Waals surface area contributed by atoms with E-state index in [2.05, 4.69) is 22.9 Å². The second-order valence-electron chi connectivity index (χ2n) is 9.35. The molecule has 3 aromatic rings. The number of carboxylic acid groups (broad SMARTS) is 1. The molecule has 0 saturated heterocycles. The maximum atomic E-state index is 10.7. The molecular formula is C28H33ClN2O4. The molecule has 1 fully saturated rings. The minimum absolute atomic E-state index is 0.127. The number of carboxylic acids is 1. The van der Waals surface area contributed by atoms with E-state index in [1.54, 1.807) is 0 Å². The summed E-state index contributed by atoms with van der Waals surface area (Å²) in [6.45, 7) is 1.24. The number of carbonyl (C=O) groups is 1.